The molecule has 0 atom stereocenters. The van der Waals surface area contributed by atoms with E-state index in [-0.39, 0.29) is 6.61 Å². The largest absolute Gasteiger partial charge is 0.392 e. The van der Waals surface area contributed by atoms with Crippen LogP contribution in [0.1, 0.15) is 10.4 Å². The van der Waals surface area contributed by atoms with Crippen LogP contribution < -0.4 is 0 Å². The van der Waals surface area contributed by atoms with Crippen LogP contribution in [0.3, 0.4) is 0 Å². The van der Waals surface area contributed by atoms with Crippen molar-refractivity contribution in [3.8, 4) is 0 Å². The molecule has 0 saturated heterocycles. The van der Waals surface area contributed by atoms with Crippen LogP contribution in [-0.2, 0) is 12.5 Å². The van der Waals surface area contributed by atoms with Crippen LogP contribution in [0.25, 0.3) is 10.1 Å². The predicted octanol–water partition coefficient (Wildman–Crippen LogP) is 3.79. The average molecular weight is 247 g/mol. The van der Waals surface area contributed by atoms with E-state index in [0.717, 1.165) is 20.5 Å². The molecule has 0 aliphatic heterocycles. The highest BCUT2D eigenvalue weighted by Crippen LogP contribution is 2.38. The summed E-state index contributed by atoms with van der Waals surface area (Å²) < 4.78 is 1.08. The lowest BCUT2D eigenvalue weighted by atomic mass is 10.1. The molecule has 0 saturated carbocycles. The summed E-state index contributed by atoms with van der Waals surface area (Å²) >= 11 is 13.5. The van der Waals surface area contributed by atoms with Crippen molar-refractivity contribution < 1.29 is 5.11 Å². The van der Waals surface area contributed by atoms with Crippen molar-refractivity contribution >= 4 is 44.6 Å². The molecule has 0 bridgehead atoms. The van der Waals surface area contributed by atoms with Gasteiger partial charge in [0.25, 0.3) is 0 Å². The molecule has 0 aliphatic rings. The number of alkyl halides is 1. The summed E-state index contributed by atoms with van der Waals surface area (Å²) in [4.78, 5) is 0.962. The third kappa shape index (κ3) is 1.52. The van der Waals surface area contributed by atoms with E-state index in [1.54, 1.807) is 11.3 Å². The Hall–Kier alpha value is -0.280. The number of halogens is 2. The van der Waals surface area contributed by atoms with Gasteiger partial charge in [-0.3, -0.25) is 0 Å². The second kappa shape index (κ2) is 4.07. The van der Waals surface area contributed by atoms with E-state index in [1.807, 2.05) is 18.2 Å². The van der Waals surface area contributed by atoms with Crippen molar-refractivity contribution in [2.75, 3.05) is 0 Å². The van der Waals surface area contributed by atoms with Crippen molar-refractivity contribution in [3.63, 3.8) is 0 Å². The van der Waals surface area contributed by atoms with Crippen LogP contribution in [-0.4, -0.2) is 5.11 Å². The fourth-order valence-electron chi connectivity index (χ4n) is 1.45. The third-order valence-electron chi connectivity index (χ3n) is 2.10. The Bertz CT molecular complexity index is 464. The van der Waals surface area contributed by atoms with Crippen LogP contribution in [0, 0.1) is 0 Å². The Morgan fingerprint density at radius 2 is 2.14 bits per heavy atom. The zero-order valence-corrected chi connectivity index (χ0v) is 9.59. The molecule has 1 N–H and O–H groups in total. The number of hydrogen-bond donors (Lipinski definition) is 1. The van der Waals surface area contributed by atoms with Gasteiger partial charge in [0.15, 0.2) is 0 Å². The summed E-state index contributed by atoms with van der Waals surface area (Å²) in [5.74, 6) is 0.420. The second-order valence-electron chi connectivity index (χ2n) is 2.92. The Labute approximate surface area is 95.9 Å². The fourth-order valence-corrected chi connectivity index (χ4v) is 3.27. The van der Waals surface area contributed by atoms with E-state index >= 15 is 0 Å². The van der Waals surface area contributed by atoms with Gasteiger partial charge in [0.05, 0.1) is 17.5 Å². The lowest BCUT2D eigenvalue weighted by Crippen LogP contribution is -1.82. The molecular formula is C10H8Cl2OS. The number of rotatable bonds is 2. The molecule has 14 heavy (non-hydrogen) atoms. The number of aliphatic hydroxyl groups excluding tert-OH is 1. The monoisotopic (exact) mass is 246 g/mol. The molecule has 4 heteroatoms. The summed E-state index contributed by atoms with van der Waals surface area (Å²) in [7, 11) is 0. The van der Waals surface area contributed by atoms with Gasteiger partial charge in [0.2, 0.25) is 0 Å². The molecule has 0 aliphatic carbocycles. The molecular weight excluding hydrogens is 239 g/mol. The van der Waals surface area contributed by atoms with E-state index in [0.29, 0.717) is 10.9 Å². The van der Waals surface area contributed by atoms with Crippen LogP contribution in [0.4, 0.5) is 0 Å². The fraction of sp³-hybridized carbons (Fsp3) is 0.200. The maximum Gasteiger partial charge on any atom is 0.0688 e. The number of thiophene rings is 1. The van der Waals surface area contributed by atoms with E-state index in [1.165, 1.54) is 0 Å². The number of aliphatic hydroxyl groups is 1. The Kier molecular flexibility index (Phi) is 2.98. The summed E-state index contributed by atoms with van der Waals surface area (Å²) in [6.07, 6.45) is 0. The van der Waals surface area contributed by atoms with Crippen LogP contribution in [0.2, 0.25) is 5.02 Å². The third-order valence-corrected chi connectivity index (χ3v) is 4.21. The van der Waals surface area contributed by atoms with Crippen LogP contribution in [0.5, 0.6) is 0 Å². The van der Waals surface area contributed by atoms with E-state index in [4.69, 9.17) is 28.3 Å². The topological polar surface area (TPSA) is 20.2 Å². The number of fused-ring (bicyclic) bond motifs is 1. The summed E-state index contributed by atoms with van der Waals surface area (Å²) in [5, 5.41) is 10.8. The highest BCUT2D eigenvalue weighted by Gasteiger charge is 2.11. The first-order valence-corrected chi connectivity index (χ1v) is 5.86. The molecule has 0 fully saturated rings. The molecule has 1 aromatic carbocycles. The van der Waals surface area contributed by atoms with Gasteiger partial charge in [0.1, 0.15) is 0 Å². The lowest BCUT2D eigenvalue weighted by molar-refractivity contribution is 0.283. The number of benzene rings is 1. The molecule has 0 spiro atoms. The zero-order valence-electron chi connectivity index (χ0n) is 7.26. The highest BCUT2D eigenvalue weighted by molar-refractivity contribution is 7.20. The van der Waals surface area contributed by atoms with Crippen molar-refractivity contribution in [2.45, 2.75) is 12.5 Å². The van der Waals surface area contributed by atoms with E-state index < -0.39 is 0 Å². The molecule has 2 rings (SSSR count). The molecule has 74 valence electrons. The lowest BCUT2D eigenvalue weighted by Gasteiger charge is -1.98. The Balaban J connectivity index is 2.79. The maximum absolute atomic E-state index is 9.16. The molecule has 0 unspecified atom stereocenters. The highest BCUT2D eigenvalue weighted by atomic mass is 35.5. The average Bonchev–Trinajstić information content (AvgIpc) is 2.55. The quantitative estimate of drug-likeness (QED) is 0.800. The van der Waals surface area contributed by atoms with Crippen molar-refractivity contribution in [2.24, 2.45) is 0 Å². The smallest absolute Gasteiger partial charge is 0.0688 e. The van der Waals surface area contributed by atoms with Gasteiger partial charge >= 0.3 is 0 Å². The molecule has 0 radical (unpaired) electrons. The number of hydrogen-bond acceptors (Lipinski definition) is 2. The first-order valence-electron chi connectivity index (χ1n) is 4.13. The first kappa shape index (κ1) is 10.2. The minimum absolute atomic E-state index is 0.00944. The van der Waals surface area contributed by atoms with Gasteiger partial charge in [-0.1, -0.05) is 23.7 Å². The maximum atomic E-state index is 9.16. The first-order chi connectivity index (χ1) is 6.77. The van der Waals surface area contributed by atoms with Crippen LogP contribution in [0.15, 0.2) is 18.2 Å². The minimum Gasteiger partial charge on any atom is -0.392 e. The summed E-state index contributed by atoms with van der Waals surface area (Å²) in [5.41, 5.74) is 0.861. The van der Waals surface area contributed by atoms with Crippen molar-refractivity contribution in [1.82, 2.24) is 0 Å². The molecule has 1 nitrogen and oxygen atoms in total. The minimum atomic E-state index is 0.00944. The van der Waals surface area contributed by atoms with E-state index in [9.17, 15) is 0 Å². The molecule has 2 aromatic rings. The second-order valence-corrected chi connectivity index (χ2v) is 4.70. The van der Waals surface area contributed by atoms with Gasteiger partial charge in [-0.05, 0) is 11.6 Å². The Morgan fingerprint density at radius 1 is 1.36 bits per heavy atom. The van der Waals surface area contributed by atoms with Crippen molar-refractivity contribution in [1.29, 1.82) is 0 Å². The van der Waals surface area contributed by atoms with Gasteiger partial charge in [-0.25, -0.2) is 0 Å². The van der Waals surface area contributed by atoms with Crippen molar-refractivity contribution in [3.05, 3.63) is 33.7 Å². The predicted molar refractivity (Wildman–Crippen MR) is 62.3 cm³/mol. The molecule has 1 aromatic heterocycles. The Morgan fingerprint density at radius 3 is 2.79 bits per heavy atom. The molecule has 0 amide bonds. The molecule has 1 heterocycles. The summed E-state index contributed by atoms with van der Waals surface area (Å²) in [6.45, 7) is 0.00944. The summed E-state index contributed by atoms with van der Waals surface area (Å²) in [6, 6.07) is 5.78. The van der Waals surface area contributed by atoms with E-state index in [2.05, 4.69) is 0 Å². The van der Waals surface area contributed by atoms with Gasteiger partial charge in [-0.15, -0.1) is 22.9 Å². The normalized spacial score (nSPS) is 11.1. The van der Waals surface area contributed by atoms with Crippen LogP contribution >= 0.6 is 34.5 Å². The standard InChI is InChI=1S/C10H8Cl2OS/c11-4-8-10(12)9-6(5-13)2-1-3-7(9)14-8/h1-3,13H,4-5H2. The SMILES string of the molecule is OCc1cccc2sc(CCl)c(Cl)c12. The van der Waals surface area contributed by atoms with Gasteiger partial charge in [0, 0.05) is 15.0 Å². The van der Waals surface area contributed by atoms with Gasteiger partial charge < -0.3 is 5.11 Å². The zero-order chi connectivity index (χ0) is 10.1. The van der Waals surface area contributed by atoms with Gasteiger partial charge in [-0.2, -0.15) is 0 Å².